The van der Waals surface area contributed by atoms with Crippen molar-refractivity contribution in [3.05, 3.63) is 11.8 Å². The van der Waals surface area contributed by atoms with Crippen LogP contribution < -0.4 is 0 Å². The molecule has 0 aromatic rings. The van der Waals surface area contributed by atoms with E-state index in [0.717, 1.165) is 13.0 Å². The molecule has 0 bridgehead atoms. The highest BCUT2D eigenvalue weighted by Crippen LogP contribution is 2.22. The van der Waals surface area contributed by atoms with E-state index < -0.39 is 0 Å². The Morgan fingerprint density at radius 2 is 2.00 bits per heavy atom. The van der Waals surface area contributed by atoms with E-state index in [4.69, 9.17) is 0 Å². The third kappa shape index (κ3) is 3.21. The van der Waals surface area contributed by atoms with Crippen molar-refractivity contribution in [1.82, 2.24) is 4.90 Å². The quantitative estimate of drug-likeness (QED) is 0.651. The van der Waals surface area contributed by atoms with Gasteiger partial charge in [-0.25, -0.2) is 0 Å². The Morgan fingerprint density at radius 1 is 1.38 bits per heavy atom. The van der Waals surface area contributed by atoms with Gasteiger partial charge in [0.15, 0.2) is 5.78 Å². The van der Waals surface area contributed by atoms with Crippen molar-refractivity contribution in [3.63, 3.8) is 0 Å². The molecule has 0 aliphatic heterocycles. The van der Waals surface area contributed by atoms with E-state index in [2.05, 4.69) is 32.7 Å². The molecule has 0 amide bonds. The smallest absolute Gasteiger partial charge is 0.157 e. The van der Waals surface area contributed by atoms with Gasteiger partial charge in [0.1, 0.15) is 0 Å². The highest BCUT2D eigenvalue weighted by molar-refractivity contribution is 5.92. The number of rotatable bonds is 2. The van der Waals surface area contributed by atoms with Gasteiger partial charge in [-0.15, -0.1) is 0 Å². The average Bonchev–Trinajstić information content (AvgIpc) is 2.31. The maximum Gasteiger partial charge on any atom is 0.157 e. The van der Waals surface area contributed by atoms with Crippen LogP contribution in [0.4, 0.5) is 0 Å². The Bertz CT molecular complexity index is 235. The SMILES string of the molecule is CN(CC(C)(C)C)C1=CC(=O)CC1. The van der Waals surface area contributed by atoms with Crippen LogP contribution in [-0.2, 0) is 4.79 Å². The molecule has 0 saturated carbocycles. The summed E-state index contributed by atoms with van der Waals surface area (Å²) in [6.07, 6.45) is 3.40. The average molecular weight is 181 g/mol. The first kappa shape index (κ1) is 10.3. The molecule has 1 rings (SSSR count). The van der Waals surface area contributed by atoms with E-state index in [1.54, 1.807) is 6.08 Å². The first-order chi connectivity index (χ1) is 5.88. The van der Waals surface area contributed by atoms with Gasteiger partial charge in [-0.3, -0.25) is 4.79 Å². The molecule has 0 atom stereocenters. The van der Waals surface area contributed by atoms with Crippen LogP contribution in [0.3, 0.4) is 0 Å². The second-order valence-electron chi connectivity index (χ2n) is 5.02. The Balaban J connectivity index is 2.54. The Hall–Kier alpha value is -0.790. The Kier molecular flexibility index (Phi) is 2.79. The number of nitrogens with zero attached hydrogens (tertiary/aromatic N) is 1. The predicted molar refractivity (Wildman–Crippen MR) is 54.4 cm³/mol. The van der Waals surface area contributed by atoms with Crippen molar-refractivity contribution >= 4 is 5.78 Å². The summed E-state index contributed by atoms with van der Waals surface area (Å²) < 4.78 is 0. The molecule has 1 aliphatic rings. The van der Waals surface area contributed by atoms with Crippen LogP contribution in [0.1, 0.15) is 33.6 Å². The molecule has 0 saturated heterocycles. The molecule has 0 spiro atoms. The summed E-state index contributed by atoms with van der Waals surface area (Å²) in [5.41, 5.74) is 1.49. The minimum absolute atomic E-state index is 0.274. The number of hydrogen-bond donors (Lipinski definition) is 0. The highest BCUT2D eigenvalue weighted by atomic mass is 16.1. The molecule has 0 N–H and O–H groups in total. The van der Waals surface area contributed by atoms with Gasteiger partial charge >= 0.3 is 0 Å². The molecule has 0 heterocycles. The zero-order chi connectivity index (χ0) is 10.1. The van der Waals surface area contributed by atoms with Crippen molar-refractivity contribution in [1.29, 1.82) is 0 Å². The van der Waals surface area contributed by atoms with Gasteiger partial charge in [-0.05, 0) is 11.8 Å². The lowest BCUT2D eigenvalue weighted by Crippen LogP contribution is -2.28. The van der Waals surface area contributed by atoms with Crippen LogP contribution in [0, 0.1) is 5.41 Å². The molecule has 74 valence electrons. The second kappa shape index (κ2) is 3.52. The number of hydrogen-bond acceptors (Lipinski definition) is 2. The first-order valence-electron chi connectivity index (χ1n) is 4.83. The van der Waals surface area contributed by atoms with Crippen molar-refractivity contribution in [2.24, 2.45) is 5.41 Å². The lowest BCUT2D eigenvalue weighted by atomic mass is 9.96. The maximum atomic E-state index is 11.0. The molecular formula is C11H19NO. The number of ketones is 1. The second-order valence-corrected chi connectivity index (χ2v) is 5.02. The number of carbonyl (C=O) groups excluding carboxylic acids is 1. The van der Waals surface area contributed by atoms with Crippen LogP contribution in [-0.4, -0.2) is 24.3 Å². The van der Waals surface area contributed by atoms with Crippen molar-refractivity contribution in [2.75, 3.05) is 13.6 Å². The molecular weight excluding hydrogens is 162 g/mol. The number of allylic oxidation sites excluding steroid dienone is 2. The monoisotopic (exact) mass is 181 g/mol. The lowest BCUT2D eigenvalue weighted by Gasteiger charge is -2.28. The normalized spacial score (nSPS) is 17.5. The van der Waals surface area contributed by atoms with Crippen LogP contribution in [0.5, 0.6) is 0 Å². The van der Waals surface area contributed by atoms with E-state index in [1.807, 2.05) is 0 Å². The number of carbonyl (C=O) groups is 1. The first-order valence-corrected chi connectivity index (χ1v) is 4.83. The topological polar surface area (TPSA) is 20.3 Å². The van der Waals surface area contributed by atoms with E-state index >= 15 is 0 Å². The summed E-state index contributed by atoms with van der Waals surface area (Å²) in [6.45, 7) is 7.63. The summed E-state index contributed by atoms with van der Waals surface area (Å²) in [7, 11) is 2.07. The van der Waals surface area contributed by atoms with Gasteiger partial charge in [0, 0.05) is 31.8 Å². The van der Waals surface area contributed by atoms with E-state index in [9.17, 15) is 4.79 Å². The van der Waals surface area contributed by atoms with Gasteiger partial charge < -0.3 is 4.90 Å². The minimum Gasteiger partial charge on any atom is -0.377 e. The maximum absolute atomic E-state index is 11.0. The molecule has 1 aliphatic carbocycles. The predicted octanol–water partition coefficient (Wildman–Crippen LogP) is 2.21. The summed E-state index contributed by atoms with van der Waals surface area (Å²) in [5.74, 6) is 0.274. The van der Waals surface area contributed by atoms with Crippen molar-refractivity contribution < 1.29 is 4.79 Å². The van der Waals surface area contributed by atoms with Gasteiger partial charge in [0.2, 0.25) is 0 Å². The van der Waals surface area contributed by atoms with Gasteiger partial charge in [-0.1, -0.05) is 20.8 Å². The molecule has 0 aromatic carbocycles. The lowest BCUT2D eigenvalue weighted by molar-refractivity contribution is -0.114. The highest BCUT2D eigenvalue weighted by Gasteiger charge is 2.19. The molecule has 0 unspecified atom stereocenters. The molecule has 0 fully saturated rings. The third-order valence-corrected chi connectivity index (χ3v) is 2.16. The fraction of sp³-hybridized carbons (Fsp3) is 0.727. The fourth-order valence-electron chi connectivity index (χ4n) is 1.70. The zero-order valence-electron chi connectivity index (χ0n) is 9.05. The molecule has 0 radical (unpaired) electrons. The van der Waals surface area contributed by atoms with Gasteiger partial charge in [0.25, 0.3) is 0 Å². The van der Waals surface area contributed by atoms with E-state index in [-0.39, 0.29) is 5.78 Å². The molecule has 13 heavy (non-hydrogen) atoms. The van der Waals surface area contributed by atoms with Crippen LogP contribution in [0.2, 0.25) is 0 Å². The third-order valence-electron chi connectivity index (χ3n) is 2.16. The molecule has 2 heteroatoms. The minimum atomic E-state index is 0.274. The Morgan fingerprint density at radius 3 is 2.38 bits per heavy atom. The molecule has 0 aromatic heterocycles. The Labute approximate surface area is 80.6 Å². The summed E-state index contributed by atoms with van der Waals surface area (Å²) in [6, 6.07) is 0. The van der Waals surface area contributed by atoms with Crippen LogP contribution in [0.25, 0.3) is 0 Å². The van der Waals surface area contributed by atoms with E-state index in [0.29, 0.717) is 11.8 Å². The van der Waals surface area contributed by atoms with Crippen molar-refractivity contribution in [3.8, 4) is 0 Å². The largest absolute Gasteiger partial charge is 0.377 e. The summed E-state index contributed by atoms with van der Waals surface area (Å²) >= 11 is 0. The summed E-state index contributed by atoms with van der Waals surface area (Å²) in [5, 5.41) is 0. The summed E-state index contributed by atoms with van der Waals surface area (Å²) in [4.78, 5) is 13.2. The standard InChI is InChI=1S/C11H19NO/c1-11(2,3)8-12(4)9-5-6-10(13)7-9/h7H,5-6,8H2,1-4H3. The fourth-order valence-corrected chi connectivity index (χ4v) is 1.70. The van der Waals surface area contributed by atoms with Crippen LogP contribution >= 0.6 is 0 Å². The van der Waals surface area contributed by atoms with E-state index in [1.165, 1.54) is 5.70 Å². The van der Waals surface area contributed by atoms with Gasteiger partial charge in [-0.2, -0.15) is 0 Å². The van der Waals surface area contributed by atoms with Gasteiger partial charge in [0.05, 0.1) is 0 Å². The van der Waals surface area contributed by atoms with Crippen molar-refractivity contribution in [2.45, 2.75) is 33.6 Å². The zero-order valence-corrected chi connectivity index (χ0v) is 9.05. The van der Waals surface area contributed by atoms with Crippen LogP contribution in [0.15, 0.2) is 11.8 Å². The molecule has 2 nitrogen and oxygen atoms in total.